The summed E-state index contributed by atoms with van der Waals surface area (Å²) in [5.74, 6) is 0.263. The molecule has 18 heavy (non-hydrogen) atoms. The Kier molecular flexibility index (Phi) is 6.72. The molecule has 0 bridgehead atoms. The van der Waals surface area contributed by atoms with E-state index in [2.05, 4.69) is 10.6 Å². The monoisotopic (exact) mass is 255 g/mol. The normalized spacial score (nSPS) is 19.3. The summed E-state index contributed by atoms with van der Waals surface area (Å²) >= 11 is 0. The molecule has 2 N–H and O–H groups in total. The molecule has 0 saturated carbocycles. The van der Waals surface area contributed by atoms with Crippen molar-refractivity contribution >= 4 is 11.8 Å². The Morgan fingerprint density at radius 1 is 1.33 bits per heavy atom. The average molecular weight is 255 g/mol. The minimum absolute atomic E-state index is 0.0716. The number of hydrogen-bond acceptors (Lipinski definition) is 3. The zero-order valence-electron chi connectivity index (χ0n) is 11.5. The molecule has 1 heterocycles. The molecule has 5 nitrogen and oxygen atoms in total. The maximum absolute atomic E-state index is 11.8. The van der Waals surface area contributed by atoms with Gasteiger partial charge in [-0.2, -0.15) is 0 Å². The van der Waals surface area contributed by atoms with Crippen LogP contribution in [0, 0.1) is 5.92 Å². The highest BCUT2D eigenvalue weighted by Crippen LogP contribution is 2.09. The highest BCUT2D eigenvalue weighted by Gasteiger charge is 2.20. The van der Waals surface area contributed by atoms with Gasteiger partial charge in [0.05, 0.1) is 5.92 Å². The first-order valence-corrected chi connectivity index (χ1v) is 6.95. The number of nitrogens with zero attached hydrogens (tertiary/aromatic N) is 1. The SMILES string of the molecule is CCN(CC)C(=O)CCNC(=O)C1CCCNC1. The molecule has 1 fully saturated rings. The molecule has 0 aromatic rings. The highest BCUT2D eigenvalue weighted by atomic mass is 16.2. The van der Waals surface area contributed by atoms with Crippen LogP contribution in [0.2, 0.25) is 0 Å². The molecule has 1 aliphatic heterocycles. The summed E-state index contributed by atoms with van der Waals surface area (Å²) in [4.78, 5) is 25.3. The minimum Gasteiger partial charge on any atom is -0.355 e. The molecular weight excluding hydrogens is 230 g/mol. The smallest absolute Gasteiger partial charge is 0.224 e. The van der Waals surface area contributed by atoms with Crippen LogP contribution >= 0.6 is 0 Å². The minimum atomic E-state index is 0.0716. The van der Waals surface area contributed by atoms with Gasteiger partial charge in [-0.3, -0.25) is 9.59 Å². The molecule has 2 amide bonds. The van der Waals surface area contributed by atoms with Crippen molar-refractivity contribution < 1.29 is 9.59 Å². The van der Waals surface area contributed by atoms with Crippen molar-refractivity contribution in [1.82, 2.24) is 15.5 Å². The number of piperidine rings is 1. The van der Waals surface area contributed by atoms with Gasteiger partial charge < -0.3 is 15.5 Å². The first-order chi connectivity index (χ1) is 8.69. The molecule has 1 unspecified atom stereocenters. The molecule has 0 aliphatic carbocycles. The molecule has 104 valence electrons. The summed E-state index contributed by atoms with van der Waals surface area (Å²) in [6, 6.07) is 0. The summed E-state index contributed by atoms with van der Waals surface area (Å²) < 4.78 is 0. The lowest BCUT2D eigenvalue weighted by molar-refractivity contribution is -0.131. The third-order valence-corrected chi connectivity index (χ3v) is 3.42. The fraction of sp³-hybridized carbons (Fsp3) is 0.846. The predicted molar refractivity (Wildman–Crippen MR) is 71.1 cm³/mol. The molecule has 1 atom stereocenters. The lowest BCUT2D eigenvalue weighted by Gasteiger charge is -2.22. The fourth-order valence-corrected chi connectivity index (χ4v) is 2.25. The average Bonchev–Trinajstić information content (AvgIpc) is 2.41. The van der Waals surface area contributed by atoms with E-state index in [-0.39, 0.29) is 17.7 Å². The van der Waals surface area contributed by atoms with Gasteiger partial charge in [0.1, 0.15) is 0 Å². The molecule has 0 radical (unpaired) electrons. The molecular formula is C13H25N3O2. The fourth-order valence-electron chi connectivity index (χ4n) is 2.25. The Morgan fingerprint density at radius 2 is 2.06 bits per heavy atom. The van der Waals surface area contributed by atoms with Crippen LogP contribution < -0.4 is 10.6 Å². The van der Waals surface area contributed by atoms with Crippen molar-refractivity contribution in [3.8, 4) is 0 Å². The Balaban J connectivity index is 2.20. The second-order valence-corrected chi connectivity index (χ2v) is 4.65. The van der Waals surface area contributed by atoms with E-state index >= 15 is 0 Å². The number of amides is 2. The third-order valence-electron chi connectivity index (χ3n) is 3.42. The van der Waals surface area contributed by atoms with E-state index < -0.39 is 0 Å². The maximum atomic E-state index is 11.8. The van der Waals surface area contributed by atoms with Gasteiger partial charge in [-0.05, 0) is 33.2 Å². The zero-order chi connectivity index (χ0) is 13.4. The van der Waals surface area contributed by atoms with Gasteiger partial charge in [-0.15, -0.1) is 0 Å². The number of hydrogen-bond donors (Lipinski definition) is 2. The Morgan fingerprint density at radius 3 is 2.61 bits per heavy atom. The summed E-state index contributed by atoms with van der Waals surface area (Å²) in [5, 5.41) is 6.08. The van der Waals surface area contributed by atoms with E-state index in [4.69, 9.17) is 0 Å². The first-order valence-electron chi connectivity index (χ1n) is 6.95. The van der Waals surface area contributed by atoms with E-state index in [1.807, 2.05) is 13.8 Å². The van der Waals surface area contributed by atoms with Crippen molar-refractivity contribution in [3.63, 3.8) is 0 Å². The van der Waals surface area contributed by atoms with E-state index in [1.165, 1.54) is 0 Å². The van der Waals surface area contributed by atoms with E-state index in [9.17, 15) is 9.59 Å². The lowest BCUT2D eigenvalue weighted by atomic mass is 9.99. The summed E-state index contributed by atoms with van der Waals surface area (Å²) in [7, 11) is 0. The van der Waals surface area contributed by atoms with Crippen LogP contribution in [0.3, 0.4) is 0 Å². The number of rotatable bonds is 6. The van der Waals surface area contributed by atoms with Crippen molar-refractivity contribution in [2.75, 3.05) is 32.7 Å². The molecule has 1 rings (SSSR count). The topological polar surface area (TPSA) is 61.4 Å². The molecule has 5 heteroatoms. The summed E-state index contributed by atoms with van der Waals surface area (Å²) in [6.45, 7) is 7.61. The van der Waals surface area contributed by atoms with Crippen LogP contribution in [0.1, 0.15) is 33.1 Å². The van der Waals surface area contributed by atoms with Gasteiger partial charge in [-0.25, -0.2) is 0 Å². The van der Waals surface area contributed by atoms with Gasteiger partial charge in [0.25, 0.3) is 0 Å². The number of carbonyl (C=O) groups is 2. The molecule has 0 aromatic carbocycles. The Labute approximate surface area is 109 Å². The zero-order valence-corrected chi connectivity index (χ0v) is 11.5. The Hall–Kier alpha value is -1.10. The number of nitrogens with one attached hydrogen (secondary N) is 2. The van der Waals surface area contributed by atoms with Crippen LogP contribution in [-0.2, 0) is 9.59 Å². The van der Waals surface area contributed by atoms with Gasteiger partial charge in [0.2, 0.25) is 11.8 Å². The van der Waals surface area contributed by atoms with Crippen LogP contribution in [0.25, 0.3) is 0 Å². The van der Waals surface area contributed by atoms with E-state index in [0.717, 1.165) is 39.0 Å². The quantitative estimate of drug-likeness (QED) is 0.720. The van der Waals surface area contributed by atoms with Gasteiger partial charge >= 0.3 is 0 Å². The molecule has 0 spiro atoms. The standard InChI is InChI=1S/C13H25N3O2/c1-3-16(4-2)12(17)7-9-15-13(18)11-6-5-8-14-10-11/h11,14H,3-10H2,1-2H3,(H,15,18). The third kappa shape index (κ3) is 4.64. The van der Waals surface area contributed by atoms with Gasteiger partial charge in [0, 0.05) is 32.6 Å². The molecule has 1 aliphatic rings. The van der Waals surface area contributed by atoms with E-state index in [1.54, 1.807) is 4.90 Å². The van der Waals surface area contributed by atoms with Crippen molar-refractivity contribution in [2.24, 2.45) is 5.92 Å². The highest BCUT2D eigenvalue weighted by molar-refractivity contribution is 5.80. The van der Waals surface area contributed by atoms with Crippen molar-refractivity contribution in [3.05, 3.63) is 0 Å². The van der Waals surface area contributed by atoms with Gasteiger partial charge in [0.15, 0.2) is 0 Å². The van der Waals surface area contributed by atoms with Crippen LogP contribution in [0.4, 0.5) is 0 Å². The predicted octanol–water partition coefficient (Wildman–Crippen LogP) is 0.361. The summed E-state index contributed by atoms with van der Waals surface area (Å²) in [5.41, 5.74) is 0. The van der Waals surface area contributed by atoms with Crippen LogP contribution in [0.15, 0.2) is 0 Å². The Bertz CT molecular complexity index is 271. The van der Waals surface area contributed by atoms with Crippen molar-refractivity contribution in [2.45, 2.75) is 33.1 Å². The first kappa shape index (κ1) is 15.0. The van der Waals surface area contributed by atoms with Gasteiger partial charge in [-0.1, -0.05) is 0 Å². The van der Waals surface area contributed by atoms with E-state index in [0.29, 0.717) is 13.0 Å². The number of carbonyl (C=O) groups excluding carboxylic acids is 2. The van der Waals surface area contributed by atoms with Crippen LogP contribution in [-0.4, -0.2) is 49.4 Å². The van der Waals surface area contributed by atoms with Crippen LogP contribution in [0.5, 0.6) is 0 Å². The second kappa shape index (κ2) is 8.08. The van der Waals surface area contributed by atoms with Crippen molar-refractivity contribution in [1.29, 1.82) is 0 Å². The summed E-state index contributed by atoms with van der Waals surface area (Å²) in [6.07, 6.45) is 2.40. The largest absolute Gasteiger partial charge is 0.355 e. The molecule has 0 aromatic heterocycles. The lowest BCUT2D eigenvalue weighted by Crippen LogP contribution is -2.41. The maximum Gasteiger partial charge on any atom is 0.224 e. The second-order valence-electron chi connectivity index (χ2n) is 4.65. The molecule has 1 saturated heterocycles.